The van der Waals surface area contributed by atoms with Crippen LogP contribution in [0.25, 0.3) is 11.1 Å². The normalized spacial score (nSPS) is 11.8. The molecule has 222 valence electrons. The van der Waals surface area contributed by atoms with E-state index in [0.29, 0.717) is 23.6 Å². The molecule has 11 heteroatoms. The van der Waals surface area contributed by atoms with Gasteiger partial charge in [0.1, 0.15) is 17.5 Å². The molecule has 5 nitrogen and oxygen atoms in total. The van der Waals surface area contributed by atoms with E-state index in [0.717, 1.165) is 17.2 Å². The van der Waals surface area contributed by atoms with Gasteiger partial charge in [-0.2, -0.15) is 13.2 Å². The lowest BCUT2D eigenvalue weighted by molar-refractivity contribution is -0.206. The molecule has 0 heterocycles. The number of carbonyl (C=O) groups is 2. The van der Waals surface area contributed by atoms with Crippen LogP contribution in [0.5, 0.6) is 0 Å². The predicted octanol–water partition coefficient (Wildman–Crippen LogP) is 7.77. The molecule has 3 aromatic carbocycles. The monoisotopic (exact) mass is 584 g/mol. The summed E-state index contributed by atoms with van der Waals surface area (Å²) in [4.78, 5) is 23.0. The first kappa shape index (κ1) is 33.3. The van der Waals surface area contributed by atoms with Gasteiger partial charge < -0.3 is 14.2 Å². The SMILES string of the molecule is COC(=O)c1ccc(-c2ccc(C)c(F)c2)cc1.COCCCCC(OC(=O)c1cc(F)c(C)cc1F)C(F)(F)F. The highest BCUT2D eigenvalue weighted by Gasteiger charge is 2.42. The van der Waals surface area contributed by atoms with Gasteiger partial charge in [0.2, 0.25) is 0 Å². The lowest BCUT2D eigenvalue weighted by Gasteiger charge is -2.21. The zero-order valence-corrected chi connectivity index (χ0v) is 22.9. The second-order valence-electron chi connectivity index (χ2n) is 9.04. The Kier molecular flexibility index (Phi) is 12.4. The Balaban J connectivity index is 0.000000295. The highest BCUT2D eigenvalue weighted by molar-refractivity contribution is 5.90. The molecule has 3 aromatic rings. The summed E-state index contributed by atoms with van der Waals surface area (Å²) in [5.74, 6) is -4.19. The lowest BCUT2D eigenvalue weighted by atomic mass is 10.0. The topological polar surface area (TPSA) is 61.8 Å². The highest BCUT2D eigenvalue weighted by Crippen LogP contribution is 2.28. The summed E-state index contributed by atoms with van der Waals surface area (Å²) >= 11 is 0. The third-order valence-electron chi connectivity index (χ3n) is 5.96. The van der Waals surface area contributed by atoms with Gasteiger partial charge in [0.05, 0.1) is 18.2 Å². The number of methoxy groups -OCH3 is 2. The first-order valence-corrected chi connectivity index (χ1v) is 12.5. The van der Waals surface area contributed by atoms with Crippen molar-refractivity contribution in [2.45, 2.75) is 45.4 Å². The van der Waals surface area contributed by atoms with Crippen molar-refractivity contribution in [3.63, 3.8) is 0 Å². The van der Waals surface area contributed by atoms with Crippen LogP contribution in [0.1, 0.15) is 51.1 Å². The van der Waals surface area contributed by atoms with E-state index in [4.69, 9.17) is 4.74 Å². The molecule has 0 saturated carbocycles. The fraction of sp³-hybridized carbons (Fsp3) is 0.333. The Hall–Kier alpha value is -3.86. The molecule has 0 aliphatic heterocycles. The number of carbonyl (C=O) groups excluding carboxylic acids is 2. The zero-order valence-electron chi connectivity index (χ0n) is 22.9. The summed E-state index contributed by atoms with van der Waals surface area (Å²) in [5.41, 5.74) is 1.82. The van der Waals surface area contributed by atoms with Crippen molar-refractivity contribution in [3.8, 4) is 11.1 Å². The molecule has 0 amide bonds. The molecule has 3 rings (SSSR count). The molecular formula is C30H30F6O5. The van der Waals surface area contributed by atoms with Gasteiger partial charge in [0, 0.05) is 13.7 Å². The minimum absolute atomic E-state index is 0.0639. The van der Waals surface area contributed by atoms with Crippen LogP contribution in [0.15, 0.2) is 54.6 Å². The summed E-state index contributed by atoms with van der Waals surface area (Å²) in [6, 6.07) is 13.2. The highest BCUT2D eigenvalue weighted by atomic mass is 19.4. The number of rotatable bonds is 9. The Morgan fingerprint density at radius 2 is 1.37 bits per heavy atom. The van der Waals surface area contributed by atoms with E-state index in [1.165, 1.54) is 27.2 Å². The zero-order chi connectivity index (χ0) is 30.7. The van der Waals surface area contributed by atoms with Crippen LogP contribution in [-0.4, -0.2) is 45.0 Å². The van der Waals surface area contributed by atoms with Gasteiger partial charge in [0.15, 0.2) is 6.10 Å². The molecule has 0 spiro atoms. The van der Waals surface area contributed by atoms with Crippen molar-refractivity contribution >= 4 is 11.9 Å². The average molecular weight is 585 g/mol. The summed E-state index contributed by atoms with van der Waals surface area (Å²) in [6.07, 6.45) is -7.18. The molecule has 0 aliphatic carbocycles. The standard InChI is InChI=1S/C15H17F5O3.C15H13FO2/c1-9-7-12(17)10(8-11(9)16)14(21)23-13(15(18,19)20)5-3-4-6-22-2;1-10-3-4-13(9-14(10)16)11-5-7-12(8-6-11)15(17)18-2/h7-8,13H,3-6H2,1-2H3;3-9H,1-2H3. The van der Waals surface area contributed by atoms with Gasteiger partial charge >= 0.3 is 18.1 Å². The number of benzene rings is 3. The van der Waals surface area contributed by atoms with E-state index in [1.807, 2.05) is 6.07 Å². The summed E-state index contributed by atoms with van der Waals surface area (Å²) in [7, 11) is 2.75. The van der Waals surface area contributed by atoms with E-state index in [2.05, 4.69) is 9.47 Å². The summed E-state index contributed by atoms with van der Waals surface area (Å²) in [6.45, 7) is 3.26. The number of esters is 2. The smallest absolute Gasteiger partial charge is 0.425 e. The number of aryl methyl sites for hydroxylation is 2. The van der Waals surface area contributed by atoms with Crippen molar-refractivity contribution < 1.29 is 50.1 Å². The second-order valence-corrected chi connectivity index (χ2v) is 9.04. The first-order valence-electron chi connectivity index (χ1n) is 12.5. The maximum absolute atomic E-state index is 13.6. The molecule has 41 heavy (non-hydrogen) atoms. The Morgan fingerprint density at radius 1 is 0.756 bits per heavy atom. The van der Waals surface area contributed by atoms with Crippen molar-refractivity contribution in [2.24, 2.45) is 0 Å². The maximum Gasteiger partial charge on any atom is 0.425 e. The molecule has 0 saturated heterocycles. The molecule has 0 N–H and O–H groups in total. The van der Waals surface area contributed by atoms with Gasteiger partial charge in [-0.05, 0) is 85.7 Å². The van der Waals surface area contributed by atoms with Gasteiger partial charge in [-0.15, -0.1) is 0 Å². The van der Waals surface area contributed by atoms with Crippen molar-refractivity contribution in [2.75, 3.05) is 20.8 Å². The van der Waals surface area contributed by atoms with Gasteiger partial charge in [0.25, 0.3) is 0 Å². The maximum atomic E-state index is 13.6. The number of alkyl halides is 3. The third kappa shape index (κ3) is 9.93. The molecule has 0 fully saturated rings. The number of hydrogen-bond donors (Lipinski definition) is 0. The van der Waals surface area contributed by atoms with E-state index in [1.54, 1.807) is 37.3 Å². The Labute approximate surface area is 234 Å². The van der Waals surface area contributed by atoms with E-state index >= 15 is 0 Å². The number of unbranched alkanes of at least 4 members (excludes halogenated alkanes) is 1. The van der Waals surface area contributed by atoms with Crippen LogP contribution in [0.3, 0.4) is 0 Å². The van der Waals surface area contributed by atoms with Gasteiger partial charge in [-0.1, -0.05) is 24.3 Å². The molecule has 0 radical (unpaired) electrons. The predicted molar refractivity (Wildman–Crippen MR) is 140 cm³/mol. The third-order valence-corrected chi connectivity index (χ3v) is 5.96. The molecule has 1 atom stereocenters. The fourth-order valence-corrected chi connectivity index (χ4v) is 3.55. The molecular weight excluding hydrogens is 554 g/mol. The van der Waals surface area contributed by atoms with Crippen LogP contribution in [0, 0.1) is 31.3 Å². The summed E-state index contributed by atoms with van der Waals surface area (Å²) in [5, 5.41) is 0. The van der Waals surface area contributed by atoms with Crippen molar-refractivity contribution in [3.05, 3.63) is 94.3 Å². The van der Waals surface area contributed by atoms with E-state index in [9.17, 15) is 35.9 Å². The Bertz CT molecular complexity index is 1320. The van der Waals surface area contributed by atoms with Crippen LogP contribution < -0.4 is 0 Å². The lowest BCUT2D eigenvalue weighted by Crippen LogP contribution is -2.34. The quantitative estimate of drug-likeness (QED) is 0.146. The first-order chi connectivity index (χ1) is 19.3. The number of hydrogen-bond acceptors (Lipinski definition) is 5. The van der Waals surface area contributed by atoms with Crippen LogP contribution in [-0.2, 0) is 14.2 Å². The van der Waals surface area contributed by atoms with Crippen LogP contribution in [0.2, 0.25) is 0 Å². The fourth-order valence-electron chi connectivity index (χ4n) is 3.55. The molecule has 0 bridgehead atoms. The van der Waals surface area contributed by atoms with Crippen LogP contribution in [0.4, 0.5) is 26.3 Å². The van der Waals surface area contributed by atoms with E-state index < -0.39 is 41.9 Å². The Morgan fingerprint density at radius 3 is 1.93 bits per heavy atom. The van der Waals surface area contributed by atoms with Crippen molar-refractivity contribution in [1.82, 2.24) is 0 Å². The number of ether oxygens (including phenoxy) is 3. The number of halogens is 6. The molecule has 0 aliphatic rings. The van der Waals surface area contributed by atoms with Crippen LogP contribution >= 0.6 is 0 Å². The average Bonchev–Trinajstić information content (AvgIpc) is 2.93. The summed E-state index contributed by atoms with van der Waals surface area (Å²) < 4.78 is 92.7. The van der Waals surface area contributed by atoms with Gasteiger partial charge in [-0.3, -0.25) is 0 Å². The largest absolute Gasteiger partial charge is 0.465 e. The molecule has 1 unspecified atom stereocenters. The second kappa shape index (κ2) is 15.2. The minimum atomic E-state index is -4.79. The molecule has 0 aromatic heterocycles. The van der Waals surface area contributed by atoms with Gasteiger partial charge in [-0.25, -0.2) is 22.8 Å². The minimum Gasteiger partial charge on any atom is -0.465 e. The van der Waals surface area contributed by atoms with E-state index in [-0.39, 0.29) is 30.4 Å². The van der Waals surface area contributed by atoms with Crippen molar-refractivity contribution in [1.29, 1.82) is 0 Å².